The molecule has 31 heavy (non-hydrogen) atoms. The molecule has 2 rings (SSSR count). The van der Waals surface area contributed by atoms with Crippen molar-refractivity contribution in [1.82, 2.24) is 5.32 Å². The molecule has 1 N–H and O–H groups in total. The molecule has 0 fully saturated rings. The Balaban J connectivity index is 2.61. The predicted octanol–water partition coefficient (Wildman–Crippen LogP) is 4.55. The summed E-state index contributed by atoms with van der Waals surface area (Å²) in [6.07, 6.45) is -1.06. The molecule has 0 aromatic heterocycles. The van der Waals surface area contributed by atoms with Crippen LogP contribution in [0.3, 0.4) is 0 Å². The molecule has 0 radical (unpaired) electrons. The van der Waals surface area contributed by atoms with Crippen LogP contribution in [0.1, 0.15) is 49.7 Å². The molecule has 2 atom stereocenters. The lowest BCUT2D eigenvalue weighted by molar-refractivity contribution is -0.155. The fourth-order valence-corrected chi connectivity index (χ4v) is 2.87. The molecule has 0 saturated carbocycles. The van der Waals surface area contributed by atoms with Crippen LogP contribution >= 0.6 is 0 Å². The van der Waals surface area contributed by atoms with E-state index in [9.17, 15) is 18.8 Å². The lowest BCUT2D eigenvalue weighted by Crippen LogP contribution is -2.55. The second-order valence-corrected chi connectivity index (χ2v) is 7.76. The molecular formula is C23H25F2NO5. The first-order valence-electron chi connectivity index (χ1n) is 9.70. The third-order valence-electron chi connectivity index (χ3n) is 4.20. The average Bonchev–Trinajstić information content (AvgIpc) is 2.71. The normalized spacial score (nSPS) is 14.1. The Morgan fingerprint density at radius 3 is 2.10 bits per heavy atom. The van der Waals surface area contributed by atoms with Crippen LogP contribution in [-0.2, 0) is 14.3 Å². The van der Waals surface area contributed by atoms with E-state index in [0.717, 1.165) is 12.1 Å². The fraction of sp³-hybridized carbons (Fsp3) is 0.348. The van der Waals surface area contributed by atoms with E-state index in [1.807, 2.05) is 0 Å². The number of amides is 1. The molecule has 166 valence electrons. The van der Waals surface area contributed by atoms with Gasteiger partial charge in [0.1, 0.15) is 17.5 Å². The van der Waals surface area contributed by atoms with Gasteiger partial charge < -0.3 is 14.8 Å². The van der Waals surface area contributed by atoms with Crippen molar-refractivity contribution >= 4 is 17.8 Å². The molecular weight excluding hydrogens is 408 g/mol. The van der Waals surface area contributed by atoms with Gasteiger partial charge in [0, 0.05) is 5.56 Å². The molecule has 0 aliphatic rings. The summed E-state index contributed by atoms with van der Waals surface area (Å²) >= 11 is 0. The first-order chi connectivity index (χ1) is 14.5. The van der Waals surface area contributed by atoms with E-state index >= 15 is 4.39 Å². The van der Waals surface area contributed by atoms with E-state index in [1.54, 1.807) is 26.8 Å². The molecule has 2 aromatic carbocycles. The maximum Gasteiger partial charge on any atom is 0.408 e. The number of esters is 1. The summed E-state index contributed by atoms with van der Waals surface area (Å²) in [5.74, 6) is -3.30. The third kappa shape index (κ3) is 5.87. The highest BCUT2D eigenvalue weighted by atomic mass is 19.1. The van der Waals surface area contributed by atoms with Gasteiger partial charge >= 0.3 is 12.1 Å². The van der Waals surface area contributed by atoms with Crippen molar-refractivity contribution in [2.45, 2.75) is 45.0 Å². The van der Waals surface area contributed by atoms with Gasteiger partial charge in [0.2, 0.25) is 5.78 Å². The number of nitrogens with one attached hydrogen (secondary N) is 1. The second-order valence-electron chi connectivity index (χ2n) is 7.76. The molecule has 1 amide bonds. The van der Waals surface area contributed by atoms with Crippen LogP contribution in [0.2, 0.25) is 0 Å². The highest BCUT2D eigenvalue weighted by Gasteiger charge is 2.56. The molecule has 0 unspecified atom stereocenters. The van der Waals surface area contributed by atoms with E-state index in [0.29, 0.717) is 0 Å². The summed E-state index contributed by atoms with van der Waals surface area (Å²) in [5, 5.41) is 2.26. The summed E-state index contributed by atoms with van der Waals surface area (Å²) < 4.78 is 40.0. The Morgan fingerprint density at radius 1 is 1.00 bits per heavy atom. The van der Waals surface area contributed by atoms with Gasteiger partial charge in [-0.05, 0) is 45.4 Å². The molecule has 8 heteroatoms. The van der Waals surface area contributed by atoms with Gasteiger partial charge in [-0.25, -0.2) is 18.4 Å². The molecule has 0 aliphatic carbocycles. The zero-order valence-corrected chi connectivity index (χ0v) is 17.8. The van der Waals surface area contributed by atoms with E-state index in [1.165, 1.54) is 43.3 Å². The Hall–Kier alpha value is -3.29. The molecule has 0 bridgehead atoms. The number of carbonyl (C=O) groups excluding carboxylic acids is 3. The number of ketones is 1. The SMILES string of the molecule is CCOC(=O)[C@](F)(C(=O)c1ccccc1)[C@@H](NC(=O)OC(C)(C)C)c1ccc(F)cc1. The van der Waals surface area contributed by atoms with Crippen LogP contribution < -0.4 is 5.32 Å². The van der Waals surface area contributed by atoms with Crippen LogP contribution in [0.4, 0.5) is 13.6 Å². The average molecular weight is 433 g/mol. The largest absolute Gasteiger partial charge is 0.463 e. The van der Waals surface area contributed by atoms with Crippen molar-refractivity contribution in [2.75, 3.05) is 6.61 Å². The highest BCUT2D eigenvalue weighted by molar-refractivity contribution is 6.16. The van der Waals surface area contributed by atoms with Gasteiger partial charge in [0.25, 0.3) is 5.67 Å². The van der Waals surface area contributed by atoms with Crippen LogP contribution in [0.25, 0.3) is 0 Å². The number of hydrogen-bond acceptors (Lipinski definition) is 5. The lowest BCUT2D eigenvalue weighted by atomic mass is 9.83. The highest BCUT2D eigenvalue weighted by Crippen LogP contribution is 2.35. The second kappa shape index (κ2) is 9.68. The Morgan fingerprint density at radius 2 is 1.58 bits per heavy atom. The number of halogens is 2. The summed E-state index contributed by atoms with van der Waals surface area (Å²) in [5.41, 5.74) is -4.39. The molecule has 6 nitrogen and oxygen atoms in total. The van der Waals surface area contributed by atoms with E-state index in [2.05, 4.69) is 5.32 Å². The van der Waals surface area contributed by atoms with E-state index in [-0.39, 0.29) is 17.7 Å². The molecule has 0 heterocycles. The minimum atomic E-state index is -3.34. The number of hydrogen-bond donors (Lipinski definition) is 1. The van der Waals surface area contributed by atoms with Crippen LogP contribution in [0.15, 0.2) is 54.6 Å². The van der Waals surface area contributed by atoms with Crippen molar-refractivity contribution in [3.8, 4) is 0 Å². The van der Waals surface area contributed by atoms with E-state index in [4.69, 9.17) is 9.47 Å². The summed E-state index contributed by atoms with van der Waals surface area (Å²) in [6.45, 7) is 6.06. The van der Waals surface area contributed by atoms with Crippen molar-refractivity contribution < 1.29 is 32.6 Å². The van der Waals surface area contributed by atoms with Crippen LogP contribution in [0.5, 0.6) is 0 Å². The molecule has 0 saturated heterocycles. The molecule has 0 aliphatic heterocycles. The third-order valence-corrected chi connectivity index (χ3v) is 4.20. The number of Topliss-reactive ketones (excluding diaryl/α,β-unsaturated/α-hetero) is 1. The topological polar surface area (TPSA) is 81.7 Å². The van der Waals surface area contributed by atoms with Crippen LogP contribution in [0, 0.1) is 5.82 Å². The number of benzene rings is 2. The first-order valence-corrected chi connectivity index (χ1v) is 9.70. The minimum Gasteiger partial charge on any atom is -0.463 e. The van der Waals surface area contributed by atoms with Crippen molar-refractivity contribution in [3.05, 3.63) is 71.5 Å². The van der Waals surface area contributed by atoms with Crippen molar-refractivity contribution in [3.63, 3.8) is 0 Å². The van der Waals surface area contributed by atoms with Gasteiger partial charge in [0.15, 0.2) is 0 Å². The molecule has 2 aromatic rings. The first kappa shape index (κ1) is 24.0. The van der Waals surface area contributed by atoms with Gasteiger partial charge in [-0.1, -0.05) is 42.5 Å². The van der Waals surface area contributed by atoms with Crippen molar-refractivity contribution in [1.29, 1.82) is 0 Å². The summed E-state index contributed by atoms with van der Waals surface area (Å²) in [4.78, 5) is 38.4. The monoisotopic (exact) mass is 433 g/mol. The number of alkyl carbamates (subject to hydrolysis) is 1. The maximum atomic E-state index is 16.5. The standard InChI is InChI=1S/C23H25F2NO5/c1-5-30-20(28)23(25,19(27)16-9-7-6-8-10-16)18(15-11-13-17(24)14-12-15)26-21(29)31-22(2,3)4/h6-14,18H,5H2,1-4H3,(H,26,29)/t18-,23+/m0/s1. The zero-order chi connectivity index (χ0) is 23.2. The predicted molar refractivity (Wildman–Crippen MR) is 110 cm³/mol. The van der Waals surface area contributed by atoms with Gasteiger partial charge in [-0.15, -0.1) is 0 Å². The Labute approximate surface area is 179 Å². The Kier molecular flexibility index (Phi) is 7.49. The Bertz CT molecular complexity index is 925. The number of alkyl halides is 1. The van der Waals surface area contributed by atoms with E-state index < -0.39 is 41.0 Å². The van der Waals surface area contributed by atoms with Gasteiger partial charge in [0.05, 0.1) is 6.61 Å². The number of rotatable bonds is 7. The van der Waals surface area contributed by atoms with Gasteiger partial charge in [-0.3, -0.25) is 4.79 Å². The maximum absolute atomic E-state index is 16.5. The molecule has 0 spiro atoms. The van der Waals surface area contributed by atoms with Crippen molar-refractivity contribution in [2.24, 2.45) is 0 Å². The lowest BCUT2D eigenvalue weighted by Gasteiger charge is -2.32. The summed E-state index contributed by atoms with van der Waals surface area (Å²) in [7, 11) is 0. The fourth-order valence-electron chi connectivity index (χ4n) is 2.87. The number of carbonyl (C=O) groups is 3. The smallest absolute Gasteiger partial charge is 0.408 e. The van der Waals surface area contributed by atoms with Crippen LogP contribution in [-0.4, -0.2) is 35.7 Å². The minimum absolute atomic E-state index is 0.0212. The quantitative estimate of drug-likeness (QED) is 0.394. The summed E-state index contributed by atoms with van der Waals surface area (Å²) in [6, 6.07) is 9.87. The zero-order valence-electron chi connectivity index (χ0n) is 17.8. The number of ether oxygens (including phenoxy) is 2. The van der Waals surface area contributed by atoms with Gasteiger partial charge in [-0.2, -0.15) is 0 Å².